The highest BCUT2D eigenvalue weighted by atomic mass is 35.5. The quantitative estimate of drug-likeness (QED) is 0.651. The van der Waals surface area contributed by atoms with E-state index in [1.165, 1.54) is 0 Å². The zero-order valence-electron chi connectivity index (χ0n) is 8.35. The normalized spacial score (nSPS) is 38.6. The van der Waals surface area contributed by atoms with Gasteiger partial charge in [-0.2, -0.15) is 0 Å². The lowest BCUT2D eigenvalue weighted by Crippen LogP contribution is -2.42. The number of likely N-dealkylation sites (tertiary alicyclic amines) is 1. The Balaban J connectivity index is 1.73. The molecule has 2 atom stereocenters. The third-order valence-corrected chi connectivity index (χ3v) is 3.86. The molecule has 0 N–H and O–H groups in total. The number of halogens is 3. The molecule has 2 aliphatic rings. The molecule has 1 aliphatic carbocycles. The van der Waals surface area contributed by atoms with E-state index in [1.807, 2.05) is 0 Å². The molecule has 0 radical (unpaired) electrons. The predicted octanol–water partition coefficient (Wildman–Crippen LogP) is 2.59. The second kappa shape index (κ2) is 3.60. The van der Waals surface area contributed by atoms with Gasteiger partial charge in [0.25, 0.3) is 0 Å². The van der Waals surface area contributed by atoms with E-state index in [0.717, 1.165) is 19.6 Å². The molecule has 2 rings (SSSR count). The van der Waals surface area contributed by atoms with Crippen molar-refractivity contribution < 1.29 is 8.78 Å². The summed E-state index contributed by atoms with van der Waals surface area (Å²) in [6, 6.07) is 0. The van der Waals surface area contributed by atoms with E-state index >= 15 is 0 Å². The molecule has 14 heavy (non-hydrogen) atoms. The third-order valence-electron chi connectivity index (χ3n) is 3.29. The smallest absolute Gasteiger partial charge is 0.248 e. The Morgan fingerprint density at radius 2 is 2.00 bits per heavy atom. The van der Waals surface area contributed by atoms with E-state index in [9.17, 15) is 8.78 Å². The highest BCUT2D eigenvalue weighted by Crippen LogP contribution is 2.43. The van der Waals surface area contributed by atoms with Crippen LogP contribution < -0.4 is 0 Å². The average Bonchev–Trinajstić information content (AvgIpc) is 2.27. The van der Waals surface area contributed by atoms with E-state index in [1.54, 1.807) is 0 Å². The molecule has 1 nitrogen and oxygen atoms in total. The summed E-state index contributed by atoms with van der Waals surface area (Å²) in [5, 5.41) is 0.204. The molecule has 1 saturated carbocycles. The van der Waals surface area contributed by atoms with Crippen molar-refractivity contribution in [3.8, 4) is 0 Å². The largest absolute Gasteiger partial charge is 0.301 e. The summed E-state index contributed by atoms with van der Waals surface area (Å²) in [5.74, 6) is -1.69. The molecule has 1 heterocycles. The Hall–Kier alpha value is 0.110. The second-order valence-corrected chi connectivity index (χ2v) is 5.40. The summed E-state index contributed by atoms with van der Waals surface area (Å²) in [6.07, 6.45) is 0.148. The standard InChI is InChI=1S/C10H16ClF2N/c1-7-4-14(6-9(7)11)5-8-2-10(12,13)3-8/h7-9H,2-6H2,1H3. The second-order valence-electron chi connectivity index (χ2n) is 4.84. The molecular formula is C10H16ClF2N. The summed E-state index contributed by atoms with van der Waals surface area (Å²) in [7, 11) is 0. The number of hydrogen-bond donors (Lipinski definition) is 0. The Morgan fingerprint density at radius 1 is 1.36 bits per heavy atom. The molecule has 2 fully saturated rings. The van der Waals surface area contributed by atoms with Gasteiger partial charge in [0, 0.05) is 32.5 Å². The van der Waals surface area contributed by atoms with E-state index in [-0.39, 0.29) is 24.1 Å². The minimum atomic E-state index is -2.38. The van der Waals surface area contributed by atoms with Crippen molar-refractivity contribution in [2.24, 2.45) is 11.8 Å². The van der Waals surface area contributed by atoms with Crippen molar-refractivity contribution in [3.05, 3.63) is 0 Å². The molecule has 1 aliphatic heterocycles. The van der Waals surface area contributed by atoms with Gasteiger partial charge in [-0.05, 0) is 11.8 Å². The summed E-state index contributed by atoms with van der Waals surface area (Å²) >= 11 is 6.07. The van der Waals surface area contributed by atoms with Gasteiger partial charge in [0.2, 0.25) is 5.92 Å². The van der Waals surface area contributed by atoms with Crippen molar-refractivity contribution >= 4 is 11.6 Å². The van der Waals surface area contributed by atoms with Gasteiger partial charge in [0.05, 0.1) is 5.38 Å². The maximum Gasteiger partial charge on any atom is 0.248 e. The van der Waals surface area contributed by atoms with Gasteiger partial charge in [-0.15, -0.1) is 11.6 Å². The van der Waals surface area contributed by atoms with E-state index in [0.29, 0.717) is 5.92 Å². The molecule has 0 spiro atoms. The van der Waals surface area contributed by atoms with Crippen LogP contribution in [0.25, 0.3) is 0 Å². The molecule has 0 aromatic carbocycles. The van der Waals surface area contributed by atoms with E-state index in [4.69, 9.17) is 11.6 Å². The SMILES string of the molecule is CC1CN(CC2CC(F)(F)C2)CC1Cl. The summed E-state index contributed by atoms with van der Waals surface area (Å²) in [4.78, 5) is 2.22. The Labute approximate surface area is 88.4 Å². The van der Waals surface area contributed by atoms with Crippen LogP contribution in [0.15, 0.2) is 0 Å². The minimum Gasteiger partial charge on any atom is -0.301 e. The molecule has 1 saturated heterocycles. The Bertz CT molecular complexity index is 204. The first kappa shape index (κ1) is 10.6. The molecule has 82 valence electrons. The zero-order chi connectivity index (χ0) is 10.3. The van der Waals surface area contributed by atoms with Gasteiger partial charge in [-0.3, -0.25) is 0 Å². The van der Waals surface area contributed by atoms with Gasteiger partial charge in [0.1, 0.15) is 0 Å². The first-order valence-corrected chi connectivity index (χ1v) is 5.64. The van der Waals surface area contributed by atoms with Crippen molar-refractivity contribution in [2.75, 3.05) is 19.6 Å². The monoisotopic (exact) mass is 223 g/mol. The summed E-state index contributed by atoms with van der Waals surface area (Å²) < 4.78 is 25.1. The van der Waals surface area contributed by atoms with Crippen LogP contribution >= 0.6 is 11.6 Å². The van der Waals surface area contributed by atoms with Crippen LogP contribution in [0.4, 0.5) is 8.78 Å². The van der Waals surface area contributed by atoms with Crippen molar-refractivity contribution in [1.29, 1.82) is 0 Å². The lowest BCUT2D eigenvalue weighted by atomic mass is 9.81. The lowest BCUT2D eigenvalue weighted by Gasteiger charge is -2.37. The molecule has 0 bridgehead atoms. The zero-order valence-corrected chi connectivity index (χ0v) is 9.10. The summed E-state index contributed by atoms with van der Waals surface area (Å²) in [5.41, 5.74) is 0. The minimum absolute atomic E-state index is 0.0742. The van der Waals surface area contributed by atoms with Gasteiger partial charge in [-0.1, -0.05) is 6.92 Å². The maximum atomic E-state index is 12.6. The van der Waals surface area contributed by atoms with E-state index < -0.39 is 5.92 Å². The van der Waals surface area contributed by atoms with Gasteiger partial charge in [-0.25, -0.2) is 8.78 Å². The van der Waals surface area contributed by atoms with Crippen LogP contribution in [0.1, 0.15) is 19.8 Å². The van der Waals surface area contributed by atoms with Gasteiger partial charge >= 0.3 is 0 Å². The number of hydrogen-bond acceptors (Lipinski definition) is 1. The van der Waals surface area contributed by atoms with Crippen LogP contribution in [0, 0.1) is 11.8 Å². The first-order chi connectivity index (χ1) is 6.46. The number of alkyl halides is 3. The third kappa shape index (κ3) is 2.19. The molecule has 0 aromatic heterocycles. The molecule has 0 aromatic rings. The Kier molecular flexibility index (Phi) is 2.73. The van der Waals surface area contributed by atoms with Gasteiger partial charge in [0.15, 0.2) is 0 Å². The van der Waals surface area contributed by atoms with Crippen LogP contribution in [0.3, 0.4) is 0 Å². The van der Waals surface area contributed by atoms with Crippen LogP contribution in [0.5, 0.6) is 0 Å². The van der Waals surface area contributed by atoms with Crippen LogP contribution in [-0.4, -0.2) is 35.8 Å². The maximum absolute atomic E-state index is 12.6. The fraction of sp³-hybridized carbons (Fsp3) is 1.00. The summed E-state index contributed by atoms with van der Waals surface area (Å²) in [6.45, 7) is 4.76. The fourth-order valence-electron chi connectivity index (χ4n) is 2.45. The fourth-order valence-corrected chi connectivity index (χ4v) is 2.73. The molecule has 4 heteroatoms. The molecule has 0 amide bonds. The number of nitrogens with zero attached hydrogens (tertiary/aromatic N) is 1. The van der Waals surface area contributed by atoms with E-state index in [2.05, 4.69) is 11.8 Å². The molecular weight excluding hydrogens is 208 g/mol. The van der Waals surface area contributed by atoms with Crippen molar-refractivity contribution in [1.82, 2.24) is 4.90 Å². The molecule has 2 unspecified atom stereocenters. The van der Waals surface area contributed by atoms with Crippen LogP contribution in [-0.2, 0) is 0 Å². The Morgan fingerprint density at radius 3 is 2.43 bits per heavy atom. The van der Waals surface area contributed by atoms with Crippen molar-refractivity contribution in [3.63, 3.8) is 0 Å². The van der Waals surface area contributed by atoms with Crippen molar-refractivity contribution in [2.45, 2.75) is 31.1 Å². The first-order valence-electron chi connectivity index (χ1n) is 5.20. The average molecular weight is 224 g/mol. The highest BCUT2D eigenvalue weighted by molar-refractivity contribution is 6.21. The topological polar surface area (TPSA) is 3.24 Å². The number of rotatable bonds is 2. The lowest BCUT2D eigenvalue weighted by molar-refractivity contribution is -0.115. The predicted molar refractivity (Wildman–Crippen MR) is 52.9 cm³/mol. The van der Waals surface area contributed by atoms with Crippen LogP contribution in [0.2, 0.25) is 0 Å². The van der Waals surface area contributed by atoms with Gasteiger partial charge < -0.3 is 4.90 Å². The highest BCUT2D eigenvalue weighted by Gasteiger charge is 2.46.